The molecule has 0 unspecified atom stereocenters. The molecule has 0 atom stereocenters. The maximum atomic E-state index is 5.23. The van der Waals surface area contributed by atoms with Gasteiger partial charge in [-0.2, -0.15) is 11.3 Å². The second kappa shape index (κ2) is 6.36. The lowest BCUT2D eigenvalue weighted by molar-refractivity contribution is 0.319. The summed E-state index contributed by atoms with van der Waals surface area (Å²) in [4.78, 5) is 2.30. The molecule has 2 aromatic rings. The van der Waals surface area contributed by atoms with Gasteiger partial charge in [-0.25, -0.2) is 0 Å². The van der Waals surface area contributed by atoms with Gasteiger partial charge in [0.15, 0.2) is 0 Å². The number of nitrogens with zero attached hydrogens (tertiary/aromatic N) is 1. The van der Waals surface area contributed by atoms with Crippen molar-refractivity contribution in [1.82, 2.24) is 4.90 Å². The van der Waals surface area contributed by atoms with E-state index in [2.05, 4.69) is 56.8 Å². The van der Waals surface area contributed by atoms with Crippen LogP contribution in [0.4, 0.5) is 0 Å². The zero-order valence-electron chi connectivity index (χ0n) is 10.5. The van der Waals surface area contributed by atoms with Crippen LogP contribution in [0, 0.1) is 0 Å². The first-order valence-electron chi connectivity index (χ1n) is 5.71. The van der Waals surface area contributed by atoms with Crippen molar-refractivity contribution < 1.29 is 4.74 Å². The summed E-state index contributed by atoms with van der Waals surface area (Å²) in [5.74, 6) is 0.874. The SMILES string of the molecule is COc1ccc(CN(C)Cc2ccsc2)cc1Br. The summed E-state index contributed by atoms with van der Waals surface area (Å²) in [6.45, 7) is 1.91. The van der Waals surface area contributed by atoms with Gasteiger partial charge in [-0.15, -0.1) is 0 Å². The molecule has 2 rings (SSSR count). The van der Waals surface area contributed by atoms with E-state index in [1.165, 1.54) is 11.1 Å². The highest BCUT2D eigenvalue weighted by atomic mass is 79.9. The predicted octanol–water partition coefficient (Wildman–Crippen LogP) is 4.15. The number of benzene rings is 1. The molecular weight excluding hydrogens is 310 g/mol. The fourth-order valence-corrected chi connectivity index (χ4v) is 3.12. The third-order valence-corrected chi connectivity index (χ3v) is 4.05. The Morgan fingerprint density at radius 3 is 2.61 bits per heavy atom. The zero-order valence-corrected chi connectivity index (χ0v) is 12.9. The molecule has 0 aliphatic rings. The number of methoxy groups -OCH3 is 1. The molecule has 0 aliphatic heterocycles. The van der Waals surface area contributed by atoms with Gasteiger partial charge in [0, 0.05) is 13.1 Å². The normalized spacial score (nSPS) is 10.9. The van der Waals surface area contributed by atoms with Crippen LogP contribution in [-0.4, -0.2) is 19.1 Å². The summed E-state index contributed by atoms with van der Waals surface area (Å²) in [5.41, 5.74) is 2.65. The van der Waals surface area contributed by atoms with E-state index in [0.29, 0.717) is 0 Å². The van der Waals surface area contributed by atoms with E-state index in [9.17, 15) is 0 Å². The predicted molar refractivity (Wildman–Crippen MR) is 80.2 cm³/mol. The summed E-state index contributed by atoms with van der Waals surface area (Å²) < 4.78 is 6.24. The Balaban J connectivity index is 1.98. The second-order valence-electron chi connectivity index (χ2n) is 4.27. The lowest BCUT2D eigenvalue weighted by Crippen LogP contribution is -2.16. The van der Waals surface area contributed by atoms with Crippen LogP contribution in [0.3, 0.4) is 0 Å². The average Bonchev–Trinajstić information content (AvgIpc) is 2.82. The molecule has 0 aliphatic carbocycles. The fraction of sp³-hybridized carbons (Fsp3) is 0.286. The number of thiophene rings is 1. The van der Waals surface area contributed by atoms with Crippen molar-refractivity contribution in [1.29, 1.82) is 0 Å². The van der Waals surface area contributed by atoms with Crippen molar-refractivity contribution in [2.75, 3.05) is 14.2 Å². The fourth-order valence-electron chi connectivity index (χ4n) is 1.87. The van der Waals surface area contributed by atoms with Crippen LogP contribution < -0.4 is 4.74 Å². The highest BCUT2D eigenvalue weighted by molar-refractivity contribution is 9.10. The van der Waals surface area contributed by atoms with Gasteiger partial charge in [-0.05, 0) is 63.1 Å². The van der Waals surface area contributed by atoms with Crippen molar-refractivity contribution in [3.63, 3.8) is 0 Å². The van der Waals surface area contributed by atoms with E-state index in [0.717, 1.165) is 23.3 Å². The van der Waals surface area contributed by atoms with Crippen LogP contribution >= 0.6 is 27.3 Å². The lowest BCUT2D eigenvalue weighted by Gasteiger charge is -2.16. The van der Waals surface area contributed by atoms with E-state index < -0.39 is 0 Å². The van der Waals surface area contributed by atoms with Crippen molar-refractivity contribution in [2.45, 2.75) is 13.1 Å². The van der Waals surface area contributed by atoms with E-state index in [-0.39, 0.29) is 0 Å². The number of hydrogen-bond donors (Lipinski definition) is 0. The molecule has 0 fully saturated rings. The molecule has 1 aromatic heterocycles. The Hall–Kier alpha value is -0.840. The first-order chi connectivity index (χ1) is 8.69. The van der Waals surface area contributed by atoms with Crippen LogP contribution in [0.25, 0.3) is 0 Å². The van der Waals surface area contributed by atoms with Gasteiger partial charge in [0.25, 0.3) is 0 Å². The van der Waals surface area contributed by atoms with Crippen LogP contribution in [0.5, 0.6) is 5.75 Å². The van der Waals surface area contributed by atoms with Crippen LogP contribution in [-0.2, 0) is 13.1 Å². The average molecular weight is 326 g/mol. The maximum absolute atomic E-state index is 5.23. The van der Waals surface area contributed by atoms with Gasteiger partial charge in [0.1, 0.15) is 5.75 Å². The zero-order chi connectivity index (χ0) is 13.0. The molecule has 4 heteroatoms. The van der Waals surface area contributed by atoms with E-state index in [1.807, 2.05) is 6.07 Å². The van der Waals surface area contributed by atoms with Gasteiger partial charge < -0.3 is 4.74 Å². The Morgan fingerprint density at radius 2 is 2.00 bits per heavy atom. The number of ether oxygens (including phenoxy) is 1. The van der Waals surface area contributed by atoms with Gasteiger partial charge in [0.2, 0.25) is 0 Å². The highest BCUT2D eigenvalue weighted by Gasteiger charge is 2.05. The molecule has 2 nitrogen and oxygen atoms in total. The number of halogens is 1. The minimum atomic E-state index is 0.874. The summed E-state index contributed by atoms with van der Waals surface area (Å²) in [7, 11) is 3.82. The van der Waals surface area contributed by atoms with Crippen LogP contribution in [0.2, 0.25) is 0 Å². The lowest BCUT2D eigenvalue weighted by atomic mass is 10.2. The molecule has 0 saturated heterocycles. The van der Waals surface area contributed by atoms with Crippen molar-refractivity contribution >= 4 is 27.3 Å². The summed E-state index contributed by atoms with van der Waals surface area (Å²) in [6, 6.07) is 8.39. The highest BCUT2D eigenvalue weighted by Crippen LogP contribution is 2.26. The first kappa shape index (κ1) is 13.6. The largest absolute Gasteiger partial charge is 0.496 e. The Kier molecular flexibility index (Phi) is 4.80. The van der Waals surface area contributed by atoms with Gasteiger partial charge in [0.05, 0.1) is 11.6 Å². The van der Waals surface area contributed by atoms with E-state index in [4.69, 9.17) is 4.74 Å². The Bertz CT molecular complexity index is 499. The molecule has 0 radical (unpaired) electrons. The molecule has 96 valence electrons. The monoisotopic (exact) mass is 325 g/mol. The topological polar surface area (TPSA) is 12.5 Å². The molecule has 0 bridgehead atoms. The third-order valence-electron chi connectivity index (χ3n) is 2.70. The molecule has 0 saturated carbocycles. The van der Waals surface area contributed by atoms with Gasteiger partial charge in [-0.3, -0.25) is 4.90 Å². The minimum Gasteiger partial charge on any atom is -0.496 e. The second-order valence-corrected chi connectivity index (χ2v) is 5.91. The molecule has 0 spiro atoms. The Labute approximate surface area is 120 Å². The van der Waals surface area contributed by atoms with Crippen molar-refractivity contribution in [3.05, 3.63) is 50.6 Å². The molecule has 1 heterocycles. The number of rotatable bonds is 5. The summed E-state index contributed by atoms with van der Waals surface area (Å²) in [6.07, 6.45) is 0. The van der Waals surface area contributed by atoms with Crippen LogP contribution in [0.1, 0.15) is 11.1 Å². The van der Waals surface area contributed by atoms with Crippen molar-refractivity contribution in [2.24, 2.45) is 0 Å². The first-order valence-corrected chi connectivity index (χ1v) is 7.44. The molecule has 0 N–H and O–H groups in total. The van der Waals surface area contributed by atoms with Gasteiger partial charge in [-0.1, -0.05) is 6.07 Å². The summed E-state index contributed by atoms with van der Waals surface area (Å²) in [5, 5.41) is 4.31. The minimum absolute atomic E-state index is 0.874. The number of hydrogen-bond acceptors (Lipinski definition) is 3. The maximum Gasteiger partial charge on any atom is 0.133 e. The van der Waals surface area contributed by atoms with Crippen molar-refractivity contribution in [3.8, 4) is 5.75 Å². The molecular formula is C14H16BrNOS. The molecule has 0 amide bonds. The summed E-state index contributed by atoms with van der Waals surface area (Å²) >= 11 is 5.26. The van der Waals surface area contributed by atoms with E-state index in [1.54, 1.807) is 18.4 Å². The van der Waals surface area contributed by atoms with Crippen LogP contribution in [0.15, 0.2) is 39.5 Å². The molecule has 1 aromatic carbocycles. The standard InChI is InChI=1S/C14H16BrNOS/c1-16(9-12-5-6-18-10-12)8-11-3-4-14(17-2)13(15)7-11/h3-7,10H,8-9H2,1-2H3. The molecule has 18 heavy (non-hydrogen) atoms. The smallest absolute Gasteiger partial charge is 0.133 e. The Morgan fingerprint density at radius 1 is 1.22 bits per heavy atom. The van der Waals surface area contributed by atoms with E-state index >= 15 is 0 Å². The van der Waals surface area contributed by atoms with Gasteiger partial charge >= 0.3 is 0 Å². The third kappa shape index (κ3) is 3.57. The quantitative estimate of drug-likeness (QED) is 0.818.